The number of aryl methyl sites for hydroxylation is 1. The third-order valence-corrected chi connectivity index (χ3v) is 7.11. The second-order valence-electron chi connectivity index (χ2n) is 9.58. The lowest BCUT2D eigenvalue weighted by Gasteiger charge is -2.15. The number of anilines is 2. The number of carbonyl (C=O) groups is 1. The van der Waals surface area contributed by atoms with Gasteiger partial charge in [-0.05, 0) is 55.8 Å². The Balaban J connectivity index is 1.26. The number of aromatic nitrogens is 5. The molecular formula is C29H26FN7O2. The molecule has 1 aliphatic heterocycles. The van der Waals surface area contributed by atoms with Crippen LogP contribution in [0.3, 0.4) is 0 Å². The van der Waals surface area contributed by atoms with Crippen LogP contribution in [0.4, 0.5) is 15.9 Å². The first kappa shape index (κ1) is 24.5. The second kappa shape index (κ2) is 9.79. The first-order valence-corrected chi connectivity index (χ1v) is 12.6. The van der Waals surface area contributed by atoms with E-state index in [0.717, 1.165) is 23.1 Å². The zero-order valence-corrected chi connectivity index (χ0v) is 21.6. The number of fused-ring (bicyclic) bond motifs is 2. The summed E-state index contributed by atoms with van der Waals surface area (Å²) in [6.07, 6.45) is 5.29. The molecule has 1 amide bonds. The van der Waals surface area contributed by atoms with Crippen LogP contribution in [0.2, 0.25) is 0 Å². The molecule has 1 atom stereocenters. The number of pyridine rings is 1. The number of ether oxygens (including phenoxy) is 1. The molecule has 1 fully saturated rings. The van der Waals surface area contributed by atoms with Crippen molar-refractivity contribution >= 4 is 39.5 Å². The van der Waals surface area contributed by atoms with Gasteiger partial charge in [0.25, 0.3) is 0 Å². The average molecular weight is 524 g/mol. The molecule has 0 aliphatic carbocycles. The van der Waals surface area contributed by atoms with Gasteiger partial charge >= 0.3 is 0 Å². The molecule has 3 aromatic heterocycles. The SMILES string of the molecule is C=CC(=O)N1CC[C@@H](c2ccc3ncnc(Nc4ccc(Oc5ccc6c(c5)ncn6C)c(C)c4F)c3n2)C1. The van der Waals surface area contributed by atoms with Crippen molar-refractivity contribution in [3.8, 4) is 11.5 Å². The lowest BCUT2D eigenvalue weighted by molar-refractivity contribution is -0.125. The minimum Gasteiger partial charge on any atom is -0.457 e. The standard InChI is InChI=1S/C29H26FN7O2/c1-4-26(38)37-12-11-18(14-37)20-6-7-22-28(34-20)29(32-15-31-22)35-21-8-10-25(17(2)27(21)30)39-19-5-9-24-23(13-19)33-16-36(24)3/h4-10,13,15-16,18H,1,11-12,14H2,2-3H3,(H,31,32,35)/t18-/m1/s1. The minimum absolute atomic E-state index is 0.0838. The summed E-state index contributed by atoms with van der Waals surface area (Å²) in [5.41, 5.74) is 4.38. The van der Waals surface area contributed by atoms with Gasteiger partial charge in [-0.1, -0.05) is 6.58 Å². The van der Waals surface area contributed by atoms with E-state index >= 15 is 4.39 Å². The number of benzene rings is 2. The lowest BCUT2D eigenvalue weighted by Crippen LogP contribution is -2.26. The van der Waals surface area contributed by atoms with Gasteiger partial charge in [-0.3, -0.25) is 4.79 Å². The molecule has 2 aromatic carbocycles. The van der Waals surface area contributed by atoms with E-state index in [1.54, 1.807) is 30.3 Å². The van der Waals surface area contributed by atoms with E-state index in [9.17, 15) is 4.79 Å². The van der Waals surface area contributed by atoms with Crippen LogP contribution in [-0.2, 0) is 11.8 Å². The number of rotatable bonds is 6. The highest BCUT2D eigenvalue weighted by atomic mass is 19.1. The summed E-state index contributed by atoms with van der Waals surface area (Å²) < 4.78 is 23.4. The van der Waals surface area contributed by atoms with Crippen LogP contribution in [0.5, 0.6) is 11.5 Å². The third-order valence-electron chi connectivity index (χ3n) is 7.11. The molecule has 6 rings (SSSR count). The number of halogens is 1. The van der Waals surface area contributed by atoms with Crippen molar-refractivity contribution in [1.29, 1.82) is 0 Å². The first-order valence-electron chi connectivity index (χ1n) is 12.6. The summed E-state index contributed by atoms with van der Waals surface area (Å²) in [5.74, 6) is 0.922. The minimum atomic E-state index is -0.455. The number of hydrogen-bond donors (Lipinski definition) is 1. The smallest absolute Gasteiger partial charge is 0.245 e. The predicted molar refractivity (Wildman–Crippen MR) is 147 cm³/mol. The van der Waals surface area contributed by atoms with E-state index < -0.39 is 5.82 Å². The summed E-state index contributed by atoms with van der Waals surface area (Å²) >= 11 is 0. The Hall–Kier alpha value is -4.86. The number of nitrogens with zero attached hydrogens (tertiary/aromatic N) is 6. The Morgan fingerprint density at radius 3 is 2.87 bits per heavy atom. The van der Waals surface area contributed by atoms with Crippen LogP contribution in [0, 0.1) is 12.7 Å². The van der Waals surface area contributed by atoms with Crippen LogP contribution in [0.25, 0.3) is 22.1 Å². The number of amides is 1. The molecule has 5 aromatic rings. The fraction of sp³-hybridized carbons (Fsp3) is 0.207. The molecule has 1 aliphatic rings. The van der Waals surface area contributed by atoms with E-state index in [0.29, 0.717) is 47.0 Å². The van der Waals surface area contributed by atoms with E-state index in [2.05, 4.69) is 26.8 Å². The van der Waals surface area contributed by atoms with E-state index in [1.165, 1.54) is 12.4 Å². The fourth-order valence-electron chi connectivity index (χ4n) is 4.91. The normalized spacial score (nSPS) is 15.2. The molecular weight excluding hydrogens is 497 g/mol. The molecule has 0 radical (unpaired) electrons. The molecule has 1 saturated heterocycles. The monoisotopic (exact) mass is 523 g/mol. The Morgan fingerprint density at radius 1 is 1.15 bits per heavy atom. The highest BCUT2D eigenvalue weighted by Gasteiger charge is 2.27. The first-order chi connectivity index (χ1) is 18.9. The average Bonchev–Trinajstić information content (AvgIpc) is 3.59. The molecule has 1 N–H and O–H groups in total. The third kappa shape index (κ3) is 4.54. The highest BCUT2D eigenvalue weighted by Crippen LogP contribution is 2.34. The van der Waals surface area contributed by atoms with Crippen molar-refractivity contribution in [2.24, 2.45) is 7.05 Å². The summed E-state index contributed by atoms with van der Waals surface area (Å²) in [6, 6.07) is 12.7. The summed E-state index contributed by atoms with van der Waals surface area (Å²) in [6.45, 7) is 6.46. The van der Waals surface area contributed by atoms with Gasteiger partial charge in [0.05, 0.1) is 28.6 Å². The van der Waals surface area contributed by atoms with Crippen molar-refractivity contribution in [3.05, 3.63) is 84.8 Å². The van der Waals surface area contributed by atoms with E-state index in [-0.39, 0.29) is 17.5 Å². The van der Waals surface area contributed by atoms with E-state index in [4.69, 9.17) is 9.72 Å². The van der Waals surface area contributed by atoms with Gasteiger partial charge in [0.1, 0.15) is 23.3 Å². The summed E-state index contributed by atoms with van der Waals surface area (Å²) in [7, 11) is 1.92. The Morgan fingerprint density at radius 2 is 2.03 bits per heavy atom. The summed E-state index contributed by atoms with van der Waals surface area (Å²) in [5, 5.41) is 3.09. The Labute approximate surface area is 224 Å². The van der Waals surface area contributed by atoms with Crippen LogP contribution in [0.15, 0.2) is 67.8 Å². The van der Waals surface area contributed by atoms with Gasteiger partial charge in [-0.2, -0.15) is 0 Å². The predicted octanol–water partition coefficient (Wildman–Crippen LogP) is 5.40. The van der Waals surface area contributed by atoms with E-state index in [1.807, 2.05) is 41.9 Å². The quantitative estimate of drug-likeness (QED) is 0.298. The molecule has 0 unspecified atom stereocenters. The maximum absolute atomic E-state index is 15.5. The van der Waals surface area contributed by atoms with Gasteiger partial charge in [-0.15, -0.1) is 0 Å². The number of hydrogen-bond acceptors (Lipinski definition) is 7. The van der Waals surface area contributed by atoms with Gasteiger partial charge in [0.2, 0.25) is 5.91 Å². The maximum atomic E-state index is 15.5. The molecule has 0 saturated carbocycles. The highest BCUT2D eigenvalue weighted by molar-refractivity contribution is 5.88. The zero-order valence-electron chi connectivity index (χ0n) is 21.6. The van der Waals surface area contributed by atoms with Crippen LogP contribution in [0.1, 0.15) is 23.6 Å². The van der Waals surface area contributed by atoms with Crippen molar-refractivity contribution in [3.63, 3.8) is 0 Å². The van der Waals surface area contributed by atoms with Crippen LogP contribution in [-0.4, -0.2) is 48.4 Å². The number of nitrogens with one attached hydrogen (secondary N) is 1. The molecule has 39 heavy (non-hydrogen) atoms. The zero-order chi connectivity index (χ0) is 27.1. The van der Waals surface area contributed by atoms with Crippen LogP contribution >= 0.6 is 0 Å². The summed E-state index contributed by atoms with van der Waals surface area (Å²) in [4.78, 5) is 31.6. The molecule has 10 heteroatoms. The van der Waals surface area contributed by atoms with Crippen molar-refractivity contribution in [2.45, 2.75) is 19.3 Å². The van der Waals surface area contributed by atoms with Gasteiger partial charge in [0, 0.05) is 43.4 Å². The van der Waals surface area contributed by atoms with Crippen molar-refractivity contribution < 1.29 is 13.9 Å². The van der Waals surface area contributed by atoms with Crippen molar-refractivity contribution in [1.82, 2.24) is 29.4 Å². The molecule has 0 spiro atoms. The number of likely N-dealkylation sites (tertiary alicyclic amines) is 1. The number of carbonyl (C=O) groups excluding carboxylic acids is 1. The maximum Gasteiger partial charge on any atom is 0.245 e. The van der Waals surface area contributed by atoms with Crippen molar-refractivity contribution in [2.75, 3.05) is 18.4 Å². The van der Waals surface area contributed by atoms with Gasteiger partial charge < -0.3 is 19.5 Å². The molecule has 9 nitrogen and oxygen atoms in total. The molecule has 196 valence electrons. The second-order valence-corrected chi connectivity index (χ2v) is 9.58. The molecule has 0 bridgehead atoms. The number of imidazole rings is 1. The van der Waals surface area contributed by atoms with Gasteiger partial charge in [-0.25, -0.2) is 24.3 Å². The Bertz CT molecular complexity index is 1750. The Kier molecular flexibility index (Phi) is 6.14. The topological polar surface area (TPSA) is 98.1 Å². The van der Waals surface area contributed by atoms with Crippen LogP contribution < -0.4 is 10.1 Å². The fourth-order valence-corrected chi connectivity index (χ4v) is 4.91. The largest absolute Gasteiger partial charge is 0.457 e. The van der Waals surface area contributed by atoms with Gasteiger partial charge in [0.15, 0.2) is 11.6 Å². The lowest BCUT2D eigenvalue weighted by atomic mass is 10.0. The molecule has 4 heterocycles.